The van der Waals surface area contributed by atoms with Crippen molar-refractivity contribution in [2.75, 3.05) is 7.05 Å². The normalized spacial score (nSPS) is 15.4. The number of carboxylic acids is 1. The molecule has 1 atom stereocenters. The molecule has 1 aliphatic rings. The van der Waals surface area contributed by atoms with Crippen LogP contribution in [0.2, 0.25) is 0 Å². The number of hydrogen-bond acceptors (Lipinski definition) is 3. The van der Waals surface area contributed by atoms with Crippen molar-refractivity contribution in [3.8, 4) is 0 Å². The molecule has 0 radical (unpaired) electrons. The molecule has 0 bridgehead atoms. The molecule has 5 nitrogen and oxygen atoms in total. The standard InChI is InChI=1S/C25H29NO4/c1-26(24(28)22-16-20(25(29)30)13-14-21(22)17-27)23(19-10-6-3-7-11-19)15-12-18-8-4-2-5-9-18/h3,6-7,10-11,13-14,16-18,23H,2,4-5,8-9,12,15H2,1H3,(H,29,30). The fourth-order valence-electron chi connectivity index (χ4n) is 4.44. The Kier molecular flexibility index (Phi) is 7.39. The number of amides is 1. The van der Waals surface area contributed by atoms with E-state index in [4.69, 9.17) is 0 Å². The molecule has 1 saturated carbocycles. The first-order valence-electron chi connectivity index (χ1n) is 10.7. The average Bonchev–Trinajstić information content (AvgIpc) is 2.79. The summed E-state index contributed by atoms with van der Waals surface area (Å²) in [6.07, 6.45) is 8.85. The average molecular weight is 408 g/mol. The first kappa shape index (κ1) is 21.8. The molecule has 0 aliphatic heterocycles. The van der Waals surface area contributed by atoms with Gasteiger partial charge >= 0.3 is 5.97 Å². The lowest BCUT2D eigenvalue weighted by Crippen LogP contribution is -2.32. The van der Waals surface area contributed by atoms with Crippen molar-refractivity contribution in [1.82, 2.24) is 4.90 Å². The van der Waals surface area contributed by atoms with Gasteiger partial charge in [0.1, 0.15) is 0 Å². The van der Waals surface area contributed by atoms with Gasteiger partial charge in [0.05, 0.1) is 17.2 Å². The zero-order valence-corrected chi connectivity index (χ0v) is 17.4. The Balaban J connectivity index is 1.87. The number of carbonyl (C=O) groups excluding carboxylic acids is 2. The predicted molar refractivity (Wildman–Crippen MR) is 116 cm³/mol. The maximum atomic E-state index is 13.3. The van der Waals surface area contributed by atoms with E-state index in [1.54, 1.807) is 11.9 Å². The van der Waals surface area contributed by atoms with Crippen molar-refractivity contribution in [3.05, 3.63) is 70.8 Å². The minimum atomic E-state index is -1.12. The summed E-state index contributed by atoms with van der Waals surface area (Å²) in [4.78, 5) is 37.9. The molecule has 2 aromatic carbocycles. The van der Waals surface area contributed by atoms with Crippen LogP contribution >= 0.6 is 0 Å². The van der Waals surface area contributed by atoms with E-state index in [0.29, 0.717) is 12.2 Å². The van der Waals surface area contributed by atoms with E-state index in [2.05, 4.69) is 0 Å². The first-order valence-corrected chi connectivity index (χ1v) is 10.7. The summed E-state index contributed by atoms with van der Waals surface area (Å²) in [5.74, 6) is -0.770. The van der Waals surface area contributed by atoms with Crippen molar-refractivity contribution >= 4 is 18.2 Å². The van der Waals surface area contributed by atoms with Gasteiger partial charge in [-0.2, -0.15) is 0 Å². The molecule has 1 unspecified atom stereocenters. The van der Waals surface area contributed by atoms with E-state index in [1.165, 1.54) is 50.3 Å². The maximum Gasteiger partial charge on any atom is 0.335 e. The quantitative estimate of drug-likeness (QED) is 0.597. The van der Waals surface area contributed by atoms with Gasteiger partial charge in [-0.05, 0) is 36.5 Å². The third-order valence-electron chi connectivity index (χ3n) is 6.20. The highest BCUT2D eigenvalue weighted by Gasteiger charge is 2.26. The Morgan fingerprint density at radius 2 is 1.80 bits per heavy atom. The van der Waals surface area contributed by atoms with Crippen LogP contribution < -0.4 is 0 Å². The lowest BCUT2D eigenvalue weighted by molar-refractivity contribution is 0.0696. The lowest BCUT2D eigenvalue weighted by Gasteiger charge is -2.31. The van der Waals surface area contributed by atoms with Gasteiger partial charge in [0.2, 0.25) is 0 Å². The van der Waals surface area contributed by atoms with E-state index >= 15 is 0 Å². The highest BCUT2D eigenvalue weighted by atomic mass is 16.4. The number of hydrogen-bond donors (Lipinski definition) is 1. The number of aldehydes is 1. The molecule has 5 heteroatoms. The third kappa shape index (κ3) is 5.15. The Hall–Kier alpha value is -2.95. The summed E-state index contributed by atoms with van der Waals surface area (Å²) in [7, 11) is 1.74. The molecule has 0 aromatic heterocycles. The molecule has 0 saturated heterocycles. The molecule has 2 aromatic rings. The van der Waals surface area contributed by atoms with Crippen molar-refractivity contribution in [2.45, 2.75) is 51.0 Å². The number of benzene rings is 2. The van der Waals surface area contributed by atoms with Crippen LogP contribution in [0.25, 0.3) is 0 Å². The second-order valence-corrected chi connectivity index (χ2v) is 8.15. The van der Waals surface area contributed by atoms with Gasteiger partial charge in [0, 0.05) is 12.6 Å². The van der Waals surface area contributed by atoms with Crippen LogP contribution in [0.15, 0.2) is 48.5 Å². The summed E-state index contributed by atoms with van der Waals surface area (Å²) in [6, 6.07) is 13.8. The maximum absolute atomic E-state index is 13.3. The minimum absolute atomic E-state index is 0.00387. The van der Waals surface area contributed by atoms with Crippen LogP contribution in [0, 0.1) is 5.92 Å². The molecule has 0 spiro atoms. The summed E-state index contributed by atoms with van der Waals surface area (Å²) in [6.45, 7) is 0. The van der Waals surface area contributed by atoms with Gasteiger partial charge in [-0.25, -0.2) is 4.79 Å². The fraction of sp³-hybridized carbons (Fsp3) is 0.400. The SMILES string of the molecule is CN(C(=O)c1cc(C(=O)O)ccc1C=O)C(CCC1CCCCC1)c1ccccc1. The fourth-order valence-corrected chi connectivity index (χ4v) is 4.44. The van der Waals surface area contributed by atoms with Gasteiger partial charge in [0.25, 0.3) is 5.91 Å². The van der Waals surface area contributed by atoms with Crippen molar-refractivity contribution in [2.24, 2.45) is 5.92 Å². The highest BCUT2D eigenvalue weighted by Crippen LogP contribution is 2.33. The lowest BCUT2D eigenvalue weighted by atomic mass is 9.84. The summed E-state index contributed by atoms with van der Waals surface area (Å²) >= 11 is 0. The summed E-state index contributed by atoms with van der Waals surface area (Å²) in [5.41, 5.74) is 1.38. The van der Waals surface area contributed by atoms with E-state index in [1.807, 2.05) is 30.3 Å². The smallest absolute Gasteiger partial charge is 0.335 e. The van der Waals surface area contributed by atoms with Crippen LogP contribution in [-0.2, 0) is 0 Å². The third-order valence-corrected chi connectivity index (χ3v) is 6.20. The number of carbonyl (C=O) groups is 3. The zero-order chi connectivity index (χ0) is 21.5. The van der Waals surface area contributed by atoms with Crippen molar-refractivity contribution in [3.63, 3.8) is 0 Å². The van der Waals surface area contributed by atoms with Crippen molar-refractivity contribution in [1.29, 1.82) is 0 Å². The highest BCUT2D eigenvalue weighted by molar-refractivity contribution is 6.03. The zero-order valence-electron chi connectivity index (χ0n) is 17.4. The molecular weight excluding hydrogens is 378 g/mol. The first-order chi connectivity index (χ1) is 14.5. The minimum Gasteiger partial charge on any atom is -0.478 e. The molecular formula is C25H29NO4. The summed E-state index contributed by atoms with van der Waals surface area (Å²) < 4.78 is 0. The van der Waals surface area contributed by atoms with Crippen LogP contribution in [0.4, 0.5) is 0 Å². The molecule has 1 N–H and O–H groups in total. The van der Waals surface area contributed by atoms with Crippen LogP contribution in [0.3, 0.4) is 0 Å². The molecule has 0 heterocycles. The van der Waals surface area contributed by atoms with E-state index < -0.39 is 5.97 Å². The van der Waals surface area contributed by atoms with Gasteiger partial charge in [-0.1, -0.05) is 68.5 Å². The topological polar surface area (TPSA) is 74.7 Å². The Morgan fingerprint density at radius 1 is 1.10 bits per heavy atom. The van der Waals surface area contributed by atoms with Gasteiger partial charge in [-0.15, -0.1) is 0 Å². The number of aromatic carboxylic acids is 1. The van der Waals surface area contributed by atoms with Gasteiger partial charge in [0.15, 0.2) is 6.29 Å². The molecule has 1 amide bonds. The monoisotopic (exact) mass is 407 g/mol. The second-order valence-electron chi connectivity index (χ2n) is 8.15. The predicted octanol–water partition coefficient (Wildman–Crippen LogP) is 5.37. The number of rotatable bonds is 8. The van der Waals surface area contributed by atoms with Gasteiger partial charge < -0.3 is 10.0 Å². The molecule has 30 heavy (non-hydrogen) atoms. The van der Waals surface area contributed by atoms with E-state index in [9.17, 15) is 19.5 Å². The molecule has 1 fully saturated rings. The Bertz CT molecular complexity index is 887. The number of nitrogens with zero attached hydrogens (tertiary/aromatic N) is 1. The van der Waals surface area contributed by atoms with E-state index in [0.717, 1.165) is 18.4 Å². The summed E-state index contributed by atoms with van der Waals surface area (Å²) in [5, 5.41) is 9.30. The molecule has 158 valence electrons. The van der Waals surface area contributed by atoms with Crippen LogP contribution in [0.1, 0.15) is 87.6 Å². The van der Waals surface area contributed by atoms with Crippen molar-refractivity contribution < 1.29 is 19.5 Å². The number of carboxylic acid groups (broad SMARTS) is 1. The molecule has 3 rings (SSSR count). The Morgan fingerprint density at radius 3 is 2.43 bits per heavy atom. The largest absolute Gasteiger partial charge is 0.478 e. The van der Waals surface area contributed by atoms with Crippen LogP contribution in [0.5, 0.6) is 0 Å². The van der Waals surface area contributed by atoms with Gasteiger partial charge in [-0.3, -0.25) is 9.59 Å². The van der Waals surface area contributed by atoms with E-state index in [-0.39, 0.29) is 28.6 Å². The van der Waals surface area contributed by atoms with Crippen LogP contribution in [-0.4, -0.2) is 35.2 Å². The Labute approximate surface area is 177 Å². The molecule has 1 aliphatic carbocycles. The second kappa shape index (κ2) is 10.2.